The van der Waals surface area contributed by atoms with E-state index in [1.54, 1.807) is 29.0 Å². The molecule has 0 N–H and O–H groups in total. The third-order valence-corrected chi connectivity index (χ3v) is 5.45. The topological polar surface area (TPSA) is 23.6 Å². The average molecular weight is 358 g/mol. The van der Waals surface area contributed by atoms with E-state index in [4.69, 9.17) is 0 Å². The molecule has 0 radical (unpaired) electrons. The standard InChI is InChI=1S/C16H20F2N2OS2/c1-3-19(4-2)9-10-20(15(21)13-7-5-11-22-13)16(17,18)14-8-6-12-23-14/h5-8,11-12H,3-4,9-10H2,1-2H3. The van der Waals surface area contributed by atoms with Gasteiger partial charge >= 0.3 is 6.05 Å². The monoisotopic (exact) mass is 358 g/mol. The minimum atomic E-state index is -3.30. The lowest BCUT2D eigenvalue weighted by molar-refractivity contribution is -0.129. The summed E-state index contributed by atoms with van der Waals surface area (Å²) in [5, 5.41) is 3.32. The van der Waals surface area contributed by atoms with Gasteiger partial charge in [0.05, 0.1) is 9.75 Å². The highest BCUT2D eigenvalue weighted by atomic mass is 32.1. The summed E-state index contributed by atoms with van der Waals surface area (Å²) in [6.07, 6.45) is 0. The van der Waals surface area contributed by atoms with Gasteiger partial charge in [0.2, 0.25) is 0 Å². The summed E-state index contributed by atoms with van der Waals surface area (Å²) in [6, 6.07) is 2.93. The molecule has 0 unspecified atom stereocenters. The molecule has 0 aliphatic heterocycles. The van der Waals surface area contributed by atoms with Crippen LogP contribution in [0.25, 0.3) is 0 Å². The van der Waals surface area contributed by atoms with Crippen LogP contribution in [0.15, 0.2) is 35.0 Å². The van der Waals surface area contributed by atoms with Gasteiger partial charge in [-0.15, -0.1) is 22.7 Å². The Morgan fingerprint density at radius 2 is 1.74 bits per heavy atom. The van der Waals surface area contributed by atoms with Crippen molar-refractivity contribution in [2.75, 3.05) is 26.2 Å². The lowest BCUT2D eigenvalue weighted by Gasteiger charge is -2.32. The fraction of sp³-hybridized carbons (Fsp3) is 0.438. The third kappa shape index (κ3) is 4.16. The van der Waals surface area contributed by atoms with E-state index in [0.717, 1.165) is 24.4 Å². The first-order valence-corrected chi connectivity index (χ1v) is 9.26. The van der Waals surface area contributed by atoms with Gasteiger partial charge in [0.25, 0.3) is 5.91 Å². The fourth-order valence-corrected chi connectivity index (χ4v) is 3.65. The molecule has 2 aromatic rings. The van der Waals surface area contributed by atoms with Crippen molar-refractivity contribution in [3.8, 4) is 0 Å². The minimum Gasteiger partial charge on any atom is -0.302 e. The number of rotatable bonds is 8. The zero-order valence-corrected chi connectivity index (χ0v) is 14.8. The summed E-state index contributed by atoms with van der Waals surface area (Å²) in [5.41, 5.74) is 0. The van der Waals surface area contributed by atoms with Crippen molar-refractivity contribution in [2.24, 2.45) is 0 Å². The number of carbonyl (C=O) groups is 1. The van der Waals surface area contributed by atoms with Gasteiger partial charge in [-0.05, 0) is 36.0 Å². The second-order valence-corrected chi connectivity index (χ2v) is 6.87. The number of thiophene rings is 2. The highest BCUT2D eigenvalue weighted by Gasteiger charge is 2.43. The third-order valence-electron chi connectivity index (χ3n) is 3.67. The van der Waals surface area contributed by atoms with E-state index < -0.39 is 12.0 Å². The van der Waals surface area contributed by atoms with Crippen LogP contribution in [0.4, 0.5) is 8.78 Å². The molecule has 7 heteroatoms. The molecule has 0 fully saturated rings. The van der Waals surface area contributed by atoms with Crippen LogP contribution in [0.1, 0.15) is 28.4 Å². The molecule has 0 aliphatic rings. The quantitative estimate of drug-likeness (QED) is 0.655. The number of likely N-dealkylation sites (N-methyl/N-ethyl adjacent to an activating group) is 1. The maximum atomic E-state index is 14.9. The van der Waals surface area contributed by atoms with E-state index in [1.807, 2.05) is 18.7 Å². The Bertz CT molecular complexity index is 596. The Labute approximate surface area is 143 Å². The maximum absolute atomic E-state index is 14.9. The molecule has 0 aromatic carbocycles. The maximum Gasteiger partial charge on any atom is 0.364 e. The summed E-state index contributed by atoms with van der Waals surface area (Å²) in [6.45, 7) is 5.90. The molecule has 2 heterocycles. The van der Waals surface area contributed by atoms with Crippen LogP contribution in [-0.2, 0) is 6.05 Å². The first-order chi connectivity index (χ1) is 11.0. The van der Waals surface area contributed by atoms with E-state index in [-0.39, 0.29) is 11.4 Å². The largest absolute Gasteiger partial charge is 0.364 e. The van der Waals surface area contributed by atoms with Gasteiger partial charge in [0, 0.05) is 13.1 Å². The van der Waals surface area contributed by atoms with Crippen LogP contribution >= 0.6 is 22.7 Å². The molecular formula is C16H20F2N2OS2. The Balaban J connectivity index is 2.25. The van der Waals surface area contributed by atoms with Crippen molar-refractivity contribution in [2.45, 2.75) is 19.9 Å². The first kappa shape index (κ1) is 18.0. The summed E-state index contributed by atoms with van der Waals surface area (Å²) in [7, 11) is 0. The first-order valence-electron chi connectivity index (χ1n) is 7.50. The lowest BCUT2D eigenvalue weighted by atomic mass is 10.3. The molecule has 126 valence electrons. The van der Waals surface area contributed by atoms with Crippen molar-refractivity contribution < 1.29 is 13.6 Å². The Morgan fingerprint density at radius 3 is 2.26 bits per heavy atom. The summed E-state index contributed by atoms with van der Waals surface area (Å²) < 4.78 is 29.7. The van der Waals surface area contributed by atoms with E-state index in [1.165, 1.54) is 17.4 Å². The van der Waals surface area contributed by atoms with Crippen LogP contribution in [-0.4, -0.2) is 41.9 Å². The van der Waals surface area contributed by atoms with E-state index in [0.29, 0.717) is 16.3 Å². The average Bonchev–Trinajstić information content (AvgIpc) is 3.24. The second-order valence-electron chi connectivity index (χ2n) is 4.98. The van der Waals surface area contributed by atoms with Crippen LogP contribution in [0.2, 0.25) is 0 Å². The number of hydrogen-bond donors (Lipinski definition) is 0. The second kappa shape index (κ2) is 7.99. The summed E-state index contributed by atoms with van der Waals surface area (Å²) >= 11 is 2.15. The molecule has 0 spiro atoms. The van der Waals surface area contributed by atoms with Crippen molar-refractivity contribution in [1.82, 2.24) is 9.80 Å². The number of amides is 1. The Kier molecular flexibility index (Phi) is 6.26. The number of hydrogen-bond acceptors (Lipinski definition) is 4. The highest BCUT2D eigenvalue weighted by Crippen LogP contribution is 2.36. The van der Waals surface area contributed by atoms with Crippen molar-refractivity contribution >= 4 is 28.6 Å². The van der Waals surface area contributed by atoms with Crippen LogP contribution < -0.4 is 0 Å². The molecule has 0 bridgehead atoms. The Morgan fingerprint density at radius 1 is 1.09 bits per heavy atom. The number of carbonyl (C=O) groups excluding carboxylic acids is 1. The molecular weight excluding hydrogens is 338 g/mol. The Hall–Kier alpha value is -1.31. The summed E-state index contributed by atoms with van der Waals surface area (Å²) in [4.78, 5) is 15.5. The van der Waals surface area contributed by atoms with Crippen molar-refractivity contribution in [3.63, 3.8) is 0 Å². The SMILES string of the molecule is CCN(CC)CCN(C(=O)c1cccs1)C(F)(F)c1cccs1. The van der Waals surface area contributed by atoms with Crippen LogP contribution in [0.5, 0.6) is 0 Å². The molecule has 0 aliphatic carbocycles. The minimum absolute atomic E-state index is 0.0106. The van der Waals surface area contributed by atoms with Gasteiger partial charge in [-0.3, -0.25) is 9.69 Å². The zero-order valence-electron chi connectivity index (χ0n) is 13.2. The highest BCUT2D eigenvalue weighted by molar-refractivity contribution is 7.12. The molecule has 1 amide bonds. The molecule has 0 atom stereocenters. The fourth-order valence-electron chi connectivity index (χ4n) is 2.27. The normalized spacial score (nSPS) is 11.9. The van der Waals surface area contributed by atoms with Crippen LogP contribution in [0.3, 0.4) is 0 Å². The summed E-state index contributed by atoms with van der Waals surface area (Å²) in [5.74, 6) is -0.620. The van der Waals surface area contributed by atoms with Gasteiger partial charge in [-0.1, -0.05) is 26.0 Å². The van der Waals surface area contributed by atoms with Gasteiger partial charge in [-0.2, -0.15) is 8.78 Å². The number of nitrogens with zero attached hydrogens (tertiary/aromatic N) is 2. The van der Waals surface area contributed by atoms with Crippen molar-refractivity contribution in [1.29, 1.82) is 0 Å². The smallest absolute Gasteiger partial charge is 0.302 e. The molecule has 0 saturated carbocycles. The lowest BCUT2D eigenvalue weighted by Crippen LogP contribution is -2.47. The van der Waals surface area contributed by atoms with Gasteiger partial charge in [0.15, 0.2) is 0 Å². The predicted molar refractivity (Wildman–Crippen MR) is 91.4 cm³/mol. The van der Waals surface area contributed by atoms with Gasteiger partial charge in [-0.25, -0.2) is 0 Å². The number of alkyl halides is 2. The van der Waals surface area contributed by atoms with E-state index in [2.05, 4.69) is 0 Å². The van der Waals surface area contributed by atoms with Gasteiger partial charge < -0.3 is 4.90 Å². The zero-order chi connectivity index (χ0) is 16.9. The van der Waals surface area contributed by atoms with Crippen molar-refractivity contribution in [3.05, 3.63) is 44.8 Å². The van der Waals surface area contributed by atoms with Gasteiger partial charge in [0.1, 0.15) is 0 Å². The molecule has 2 aromatic heterocycles. The molecule has 3 nitrogen and oxygen atoms in total. The van der Waals surface area contributed by atoms with E-state index >= 15 is 0 Å². The van der Waals surface area contributed by atoms with E-state index in [9.17, 15) is 13.6 Å². The molecule has 2 rings (SSSR count). The number of halogens is 2. The van der Waals surface area contributed by atoms with Crippen LogP contribution in [0, 0.1) is 0 Å². The molecule has 23 heavy (non-hydrogen) atoms. The molecule has 0 saturated heterocycles. The predicted octanol–water partition coefficient (Wildman–Crippen LogP) is 4.34.